The van der Waals surface area contributed by atoms with E-state index in [0.717, 1.165) is 15.6 Å². The minimum absolute atomic E-state index is 0.0873. The molecule has 2 aromatic heterocycles. The fourth-order valence-electron chi connectivity index (χ4n) is 2.22. The smallest absolute Gasteiger partial charge is 0.348 e. The van der Waals surface area contributed by atoms with Gasteiger partial charge in [0.2, 0.25) is 4.77 Å². The van der Waals surface area contributed by atoms with Crippen molar-refractivity contribution in [3.8, 4) is 0 Å². The van der Waals surface area contributed by atoms with Crippen LogP contribution in [0.5, 0.6) is 0 Å². The number of aromatic amines is 2. The first kappa shape index (κ1) is 15.8. The van der Waals surface area contributed by atoms with Crippen LogP contribution < -0.4 is 16.7 Å². The predicted octanol–water partition coefficient (Wildman–Crippen LogP) is 2.09. The first-order valence-corrected chi connectivity index (χ1v) is 8.10. The molecule has 118 valence electrons. The van der Waals surface area contributed by atoms with Crippen molar-refractivity contribution < 1.29 is 0 Å². The molecule has 0 aliphatic heterocycles. The number of rotatable bonds is 3. The molecular weight excluding hydrogens is 400 g/mol. The fourth-order valence-corrected chi connectivity index (χ4v) is 2.76. The van der Waals surface area contributed by atoms with Gasteiger partial charge in [-0.05, 0) is 42.1 Å². The molecule has 0 radical (unpaired) electrons. The summed E-state index contributed by atoms with van der Waals surface area (Å²) in [5, 5.41) is 5.82. The van der Waals surface area contributed by atoms with Gasteiger partial charge < -0.3 is 11.1 Å². The topological polar surface area (TPSA) is 104 Å². The highest BCUT2D eigenvalue weighted by molar-refractivity contribution is 9.10. The Morgan fingerprint density at radius 1 is 1.39 bits per heavy atom. The normalized spacial score (nSPS) is 10.8. The largest absolute Gasteiger partial charge is 0.376 e. The second-order valence-electron chi connectivity index (χ2n) is 4.76. The number of benzene rings is 1. The van der Waals surface area contributed by atoms with Gasteiger partial charge in [-0.15, -0.1) is 0 Å². The first-order valence-electron chi connectivity index (χ1n) is 6.49. The van der Waals surface area contributed by atoms with Crippen LogP contribution in [0.4, 0.5) is 5.82 Å². The van der Waals surface area contributed by atoms with E-state index in [4.69, 9.17) is 30.2 Å². The highest BCUT2D eigenvalue weighted by atomic mass is 79.9. The van der Waals surface area contributed by atoms with Gasteiger partial charge in [0.15, 0.2) is 10.8 Å². The van der Waals surface area contributed by atoms with Gasteiger partial charge in [0, 0.05) is 16.5 Å². The molecule has 10 heteroatoms. The lowest BCUT2D eigenvalue weighted by Crippen LogP contribution is -2.21. The van der Waals surface area contributed by atoms with Crippen molar-refractivity contribution in [3.63, 3.8) is 0 Å². The highest BCUT2D eigenvalue weighted by Crippen LogP contribution is 2.22. The molecule has 0 saturated heterocycles. The Balaban J connectivity index is 2.18. The number of hydrogen-bond donors (Lipinski definition) is 4. The average molecular weight is 411 g/mol. The van der Waals surface area contributed by atoms with Crippen LogP contribution >= 0.6 is 40.4 Å². The molecule has 0 bridgehead atoms. The van der Waals surface area contributed by atoms with Gasteiger partial charge >= 0.3 is 5.69 Å². The van der Waals surface area contributed by atoms with E-state index >= 15 is 0 Å². The fraction of sp³-hybridized carbons (Fsp3) is 0.0769. The summed E-state index contributed by atoms with van der Waals surface area (Å²) in [6.45, 7) is 0. The molecule has 3 rings (SSSR count). The molecule has 3 aromatic rings. The molecule has 23 heavy (non-hydrogen) atoms. The van der Waals surface area contributed by atoms with Gasteiger partial charge in [-0.3, -0.25) is 10.1 Å². The van der Waals surface area contributed by atoms with Gasteiger partial charge in [-0.1, -0.05) is 28.1 Å². The van der Waals surface area contributed by atoms with Crippen molar-refractivity contribution in [2.45, 2.75) is 6.42 Å². The zero-order valence-electron chi connectivity index (χ0n) is 11.6. The molecule has 0 unspecified atom stereocenters. The van der Waals surface area contributed by atoms with Crippen molar-refractivity contribution in [2.75, 3.05) is 5.32 Å². The lowest BCUT2D eigenvalue weighted by molar-refractivity contribution is 0.836. The molecule has 0 saturated carbocycles. The van der Waals surface area contributed by atoms with Crippen molar-refractivity contribution in [3.05, 3.63) is 55.1 Å². The molecule has 7 nitrogen and oxygen atoms in total. The van der Waals surface area contributed by atoms with Gasteiger partial charge in [-0.2, -0.15) is 9.50 Å². The van der Waals surface area contributed by atoms with E-state index in [1.807, 2.05) is 24.3 Å². The number of hydrogen-bond acceptors (Lipinski definition) is 4. The molecule has 0 fully saturated rings. The van der Waals surface area contributed by atoms with Gasteiger partial charge in [0.05, 0.1) is 0 Å². The number of H-pyrrole nitrogens is 2. The molecule has 0 aliphatic rings. The quantitative estimate of drug-likeness (QED) is 0.492. The Labute approximate surface area is 149 Å². The minimum atomic E-state index is -0.409. The molecule has 2 heterocycles. The molecule has 0 atom stereocenters. The van der Waals surface area contributed by atoms with Crippen LogP contribution in [-0.4, -0.2) is 24.7 Å². The molecule has 1 aromatic carbocycles. The lowest BCUT2D eigenvalue weighted by atomic mass is 10.1. The number of nitrogens with two attached hydrogens (primary N) is 1. The third kappa shape index (κ3) is 3.33. The first-order chi connectivity index (χ1) is 10.9. The zero-order chi connectivity index (χ0) is 16.6. The number of fused-ring (bicyclic) bond motifs is 1. The second-order valence-corrected chi connectivity index (χ2v) is 6.51. The molecule has 0 amide bonds. The van der Waals surface area contributed by atoms with Crippen molar-refractivity contribution in [1.82, 2.24) is 19.6 Å². The number of aromatic nitrogens is 4. The Kier molecular flexibility index (Phi) is 4.28. The zero-order valence-corrected chi connectivity index (χ0v) is 14.8. The monoisotopic (exact) mass is 410 g/mol. The summed E-state index contributed by atoms with van der Waals surface area (Å²) in [6.07, 6.45) is 0.524. The van der Waals surface area contributed by atoms with E-state index in [-0.39, 0.29) is 9.88 Å². The Morgan fingerprint density at radius 3 is 2.74 bits per heavy atom. The maximum Gasteiger partial charge on any atom is 0.348 e. The van der Waals surface area contributed by atoms with Crippen LogP contribution in [0.25, 0.3) is 5.65 Å². The van der Waals surface area contributed by atoms with E-state index in [0.29, 0.717) is 17.9 Å². The second kappa shape index (κ2) is 6.22. The van der Waals surface area contributed by atoms with Crippen LogP contribution in [0.3, 0.4) is 0 Å². The van der Waals surface area contributed by atoms with Crippen molar-refractivity contribution in [1.29, 1.82) is 0 Å². The van der Waals surface area contributed by atoms with Gasteiger partial charge in [0.25, 0.3) is 0 Å². The Morgan fingerprint density at radius 2 is 2.09 bits per heavy atom. The standard InChI is InChI=1S/C13H11BrN6OS2/c14-7-3-1-6(2-4-7)5-8-9(16-11(15)22)19-20-10(8)17-12(23)18-13(20)21/h1-4,19H,5H2,(H3,15,16,22)(H,18,21,23). The molecular formula is C13H11BrN6OS2. The van der Waals surface area contributed by atoms with Crippen molar-refractivity contribution >= 4 is 56.9 Å². The summed E-state index contributed by atoms with van der Waals surface area (Å²) in [5.74, 6) is 0.513. The van der Waals surface area contributed by atoms with E-state index in [2.05, 4.69) is 36.3 Å². The number of nitrogens with one attached hydrogen (secondary N) is 3. The lowest BCUT2D eigenvalue weighted by Gasteiger charge is -2.05. The minimum Gasteiger partial charge on any atom is -0.376 e. The molecule has 0 spiro atoms. The van der Waals surface area contributed by atoms with Crippen LogP contribution in [0.2, 0.25) is 0 Å². The van der Waals surface area contributed by atoms with Crippen LogP contribution in [0.15, 0.2) is 33.5 Å². The molecule has 5 N–H and O–H groups in total. The third-order valence-corrected chi connectivity index (χ3v) is 4.00. The number of thiocarbonyl (C=S) groups is 1. The summed E-state index contributed by atoms with van der Waals surface area (Å²) in [6, 6.07) is 7.83. The van der Waals surface area contributed by atoms with Gasteiger partial charge in [0.1, 0.15) is 5.82 Å². The number of anilines is 1. The summed E-state index contributed by atoms with van der Waals surface area (Å²) in [5.41, 5.74) is 7.36. The predicted molar refractivity (Wildman–Crippen MR) is 98.4 cm³/mol. The molecule has 0 aliphatic carbocycles. The maximum absolute atomic E-state index is 12.0. The van der Waals surface area contributed by atoms with E-state index < -0.39 is 5.69 Å². The summed E-state index contributed by atoms with van der Waals surface area (Å²) >= 11 is 13.3. The highest BCUT2D eigenvalue weighted by Gasteiger charge is 2.15. The summed E-state index contributed by atoms with van der Waals surface area (Å²) < 4.78 is 2.37. The van der Waals surface area contributed by atoms with E-state index in [1.54, 1.807) is 0 Å². The average Bonchev–Trinajstić information content (AvgIpc) is 2.79. The van der Waals surface area contributed by atoms with Gasteiger partial charge in [-0.25, -0.2) is 4.79 Å². The number of halogens is 1. The third-order valence-electron chi connectivity index (χ3n) is 3.17. The van der Waals surface area contributed by atoms with E-state index in [1.165, 1.54) is 4.52 Å². The van der Waals surface area contributed by atoms with Crippen LogP contribution in [0.1, 0.15) is 11.1 Å². The maximum atomic E-state index is 12.0. The number of nitrogens with zero attached hydrogens (tertiary/aromatic N) is 2. The summed E-state index contributed by atoms with van der Waals surface area (Å²) in [7, 11) is 0. The SMILES string of the molecule is NC(=S)Nc1[nH]n2c(=O)[nH]c(=S)nc2c1Cc1ccc(Br)cc1. The van der Waals surface area contributed by atoms with Crippen molar-refractivity contribution in [2.24, 2.45) is 5.73 Å². The van der Waals surface area contributed by atoms with Crippen LogP contribution in [-0.2, 0) is 6.42 Å². The Hall–Kier alpha value is -2.04. The van der Waals surface area contributed by atoms with E-state index in [9.17, 15) is 4.79 Å². The Bertz CT molecular complexity index is 1000. The van der Waals surface area contributed by atoms with Crippen LogP contribution in [0, 0.1) is 4.77 Å². The summed E-state index contributed by atoms with van der Waals surface area (Å²) in [4.78, 5) is 18.7.